The fraction of sp³-hybridized carbons (Fsp3) is 0.950. The molecule has 24 heavy (non-hydrogen) atoms. The lowest BCUT2D eigenvalue weighted by molar-refractivity contribution is 0.0281. The van der Waals surface area contributed by atoms with Crippen molar-refractivity contribution in [1.82, 2.24) is 10.6 Å². The first kappa shape index (κ1) is 23.2. The van der Waals surface area contributed by atoms with E-state index in [-0.39, 0.29) is 23.7 Å². The Morgan fingerprint density at radius 1 is 0.958 bits per heavy atom. The number of unbranched alkanes of at least 4 members (excludes halogenated alkanes) is 7. The Morgan fingerprint density at radius 2 is 1.50 bits per heavy atom. The zero-order valence-electron chi connectivity index (χ0n) is 17.0. The largest absolute Gasteiger partial charge is 0.376 e. The predicted molar refractivity (Wildman–Crippen MR) is 104 cm³/mol. The zero-order chi connectivity index (χ0) is 18.4. The van der Waals surface area contributed by atoms with Crippen molar-refractivity contribution in [2.24, 2.45) is 0 Å². The third-order valence-corrected chi connectivity index (χ3v) is 4.14. The van der Waals surface area contributed by atoms with E-state index in [0.717, 1.165) is 19.4 Å². The van der Waals surface area contributed by atoms with Gasteiger partial charge in [0, 0.05) is 12.1 Å². The Labute approximate surface area is 150 Å². The third-order valence-electron chi connectivity index (χ3n) is 4.14. The minimum Gasteiger partial charge on any atom is -0.376 e. The topological polar surface area (TPSA) is 50.4 Å². The fourth-order valence-electron chi connectivity index (χ4n) is 2.76. The van der Waals surface area contributed by atoms with E-state index in [1.54, 1.807) is 0 Å². The van der Waals surface area contributed by atoms with Crippen LogP contribution in [0.2, 0.25) is 0 Å². The Morgan fingerprint density at radius 3 is 2.00 bits per heavy atom. The Balaban J connectivity index is 3.79. The van der Waals surface area contributed by atoms with Crippen LogP contribution in [-0.4, -0.2) is 30.3 Å². The number of ether oxygens (including phenoxy) is 1. The molecular weight excluding hydrogens is 300 g/mol. The van der Waals surface area contributed by atoms with Crippen molar-refractivity contribution in [2.75, 3.05) is 6.61 Å². The average Bonchev–Trinajstić information content (AvgIpc) is 2.47. The lowest BCUT2D eigenvalue weighted by atomic mass is 10.1. The number of nitrogens with one attached hydrogen (secondary N) is 2. The lowest BCUT2D eigenvalue weighted by Crippen LogP contribution is -2.51. The van der Waals surface area contributed by atoms with Gasteiger partial charge in [-0.2, -0.15) is 0 Å². The lowest BCUT2D eigenvalue weighted by Gasteiger charge is -2.27. The van der Waals surface area contributed by atoms with Gasteiger partial charge in [0.15, 0.2) is 0 Å². The monoisotopic (exact) mass is 342 g/mol. The molecule has 0 radical (unpaired) electrons. The molecule has 0 aromatic carbocycles. The third kappa shape index (κ3) is 13.6. The van der Waals surface area contributed by atoms with Crippen LogP contribution < -0.4 is 10.6 Å². The number of hydrogen-bond donors (Lipinski definition) is 2. The molecule has 2 unspecified atom stereocenters. The maximum atomic E-state index is 11.9. The van der Waals surface area contributed by atoms with Gasteiger partial charge in [-0.3, -0.25) is 0 Å². The highest BCUT2D eigenvalue weighted by molar-refractivity contribution is 5.75. The molecule has 0 aromatic heterocycles. The van der Waals surface area contributed by atoms with Gasteiger partial charge in [-0.25, -0.2) is 4.79 Å². The molecule has 0 fully saturated rings. The minimum absolute atomic E-state index is 0.0198. The summed E-state index contributed by atoms with van der Waals surface area (Å²) in [5, 5.41) is 5.92. The van der Waals surface area contributed by atoms with Crippen LogP contribution in [-0.2, 0) is 4.74 Å². The summed E-state index contributed by atoms with van der Waals surface area (Å²) in [6.45, 7) is 13.1. The molecule has 0 aliphatic rings. The fourth-order valence-corrected chi connectivity index (χ4v) is 2.76. The molecule has 4 heteroatoms. The Kier molecular flexibility index (Phi) is 13.1. The summed E-state index contributed by atoms with van der Waals surface area (Å²) in [5.74, 6) is 0. The quantitative estimate of drug-likeness (QED) is 0.440. The summed E-state index contributed by atoms with van der Waals surface area (Å²) < 4.78 is 5.99. The van der Waals surface area contributed by atoms with Crippen LogP contribution in [0.15, 0.2) is 0 Å². The van der Waals surface area contributed by atoms with Crippen LogP contribution in [0.25, 0.3) is 0 Å². The van der Waals surface area contributed by atoms with Gasteiger partial charge in [0.2, 0.25) is 0 Å². The first-order valence-corrected chi connectivity index (χ1v) is 10.0. The number of carbonyl (C=O) groups is 1. The van der Waals surface area contributed by atoms with E-state index >= 15 is 0 Å². The van der Waals surface area contributed by atoms with E-state index in [4.69, 9.17) is 4.74 Å². The molecule has 2 N–H and O–H groups in total. The molecule has 0 aromatic rings. The van der Waals surface area contributed by atoms with E-state index in [9.17, 15) is 4.79 Å². The van der Waals surface area contributed by atoms with Crippen LogP contribution >= 0.6 is 0 Å². The maximum Gasteiger partial charge on any atom is 0.315 e. The first-order valence-electron chi connectivity index (χ1n) is 10.0. The van der Waals surface area contributed by atoms with Gasteiger partial charge in [-0.1, -0.05) is 58.8 Å². The number of hydrogen-bond acceptors (Lipinski definition) is 2. The standard InChI is InChI=1S/C20H42N2O2/c1-7-9-10-11-12-13-14-15-16-24-18(8-2)17(3)21-19(23)22-20(4,5)6/h17-18H,7-16H2,1-6H3,(H2,21,22,23). The molecule has 4 nitrogen and oxygen atoms in total. The van der Waals surface area contributed by atoms with Gasteiger partial charge < -0.3 is 15.4 Å². The highest BCUT2D eigenvalue weighted by Gasteiger charge is 2.20. The minimum atomic E-state index is -0.219. The Hall–Kier alpha value is -0.770. The van der Waals surface area contributed by atoms with Crippen molar-refractivity contribution in [3.8, 4) is 0 Å². The molecular formula is C20H42N2O2. The van der Waals surface area contributed by atoms with Gasteiger partial charge >= 0.3 is 6.03 Å². The predicted octanol–water partition coefficient (Wildman–Crippen LogP) is 5.41. The first-order chi connectivity index (χ1) is 11.3. The summed E-state index contributed by atoms with van der Waals surface area (Å²) in [7, 11) is 0. The molecule has 0 saturated carbocycles. The number of carbonyl (C=O) groups excluding carboxylic acids is 1. The highest BCUT2D eigenvalue weighted by atomic mass is 16.5. The molecule has 0 aliphatic carbocycles. The molecule has 2 atom stereocenters. The summed E-state index contributed by atoms with van der Waals surface area (Å²) in [5.41, 5.74) is -0.219. The van der Waals surface area contributed by atoms with Crippen molar-refractivity contribution >= 4 is 6.03 Å². The number of rotatable bonds is 13. The normalized spacial score (nSPS) is 14.2. The summed E-state index contributed by atoms with van der Waals surface area (Å²) >= 11 is 0. The SMILES string of the molecule is CCCCCCCCCCOC(CC)C(C)NC(=O)NC(C)(C)C. The number of urea groups is 1. The van der Waals surface area contributed by atoms with E-state index < -0.39 is 0 Å². The van der Waals surface area contributed by atoms with Gasteiger partial charge in [-0.05, 0) is 40.5 Å². The second-order valence-electron chi connectivity index (χ2n) is 7.93. The molecule has 0 rings (SSSR count). The van der Waals surface area contributed by atoms with Crippen LogP contribution in [0, 0.1) is 0 Å². The molecule has 0 saturated heterocycles. The zero-order valence-corrected chi connectivity index (χ0v) is 17.0. The van der Waals surface area contributed by atoms with E-state index in [0.29, 0.717) is 0 Å². The van der Waals surface area contributed by atoms with Crippen molar-refractivity contribution in [3.63, 3.8) is 0 Å². The van der Waals surface area contributed by atoms with Gasteiger partial charge in [0.05, 0.1) is 12.1 Å². The van der Waals surface area contributed by atoms with Gasteiger partial charge in [0.1, 0.15) is 0 Å². The van der Waals surface area contributed by atoms with Crippen LogP contribution in [0.4, 0.5) is 4.79 Å². The van der Waals surface area contributed by atoms with Crippen LogP contribution in [0.3, 0.4) is 0 Å². The average molecular weight is 343 g/mol. The molecule has 0 bridgehead atoms. The van der Waals surface area contributed by atoms with Gasteiger partial charge in [0.25, 0.3) is 0 Å². The van der Waals surface area contributed by atoms with Crippen molar-refractivity contribution < 1.29 is 9.53 Å². The van der Waals surface area contributed by atoms with Crippen LogP contribution in [0.1, 0.15) is 99.3 Å². The van der Waals surface area contributed by atoms with E-state index in [2.05, 4.69) is 24.5 Å². The molecule has 0 heterocycles. The van der Waals surface area contributed by atoms with Gasteiger partial charge in [-0.15, -0.1) is 0 Å². The van der Waals surface area contributed by atoms with Crippen molar-refractivity contribution in [1.29, 1.82) is 0 Å². The maximum absolute atomic E-state index is 11.9. The summed E-state index contributed by atoms with van der Waals surface area (Å²) in [4.78, 5) is 11.9. The second kappa shape index (κ2) is 13.5. The second-order valence-corrected chi connectivity index (χ2v) is 7.93. The molecule has 0 aliphatic heterocycles. The van der Waals surface area contributed by atoms with E-state index in [1.165, 1.54) is 44.9 Å². The summed E-state index contributed by atoms with van der Waals surface area (Å²) in [6.07, 6.45) is 11.4. The summed E-state index contributed by atoms with van der Waals surface area (Å²) in [6, 6.07) is -0.101. The molecule has 144 valence electrons. The van der Waals surface area contributed by atoms with Crippen molar-refractivity contribution in [2.45, 2.75) is 117 Å². The highest BCUT2D eigenvalue weighted by Crippen LogP contribution is 2.10. The van der Waals surface area contributed by atoms with Crippen molar-refractivity contribution in [3.05, 3.63) is 0 Å². The smallest absolute Gasteiger partial charge is 0.315 e. The molecule has 2 amide bonds. The van der Waals surface area contributed by atoms with Crippen LogP contribution in [0.5, 0.6) is 0 Å². The Bertz CT molecular complexity index is 313. The molecule has 0 spiro atoms. The number of amides is 2. The van der Waals surface area contributed by atoms with E-state index in [1.807, 2.05) is 27.7 Å².